The van der Waals surface area contributed by atoms with E-state index in [1.807, 2.05) is 0 Å². The van der Waals surface area contributed by atoms with Gasteiger partial charge in [-0.3, -0.25) is 24.3 Å². The number of nitrogens with zero attached hydrogens (tertiary/aromatic N) is 1. The minimum absolute atomic E-state index is 0.171. The summed E-state index contributed by atoms with van der Waals surface area (Å²) in [4.78, 5) is 62.8. The number of rotatable bonds is 6. The highest BCUT2D eigenvalue weighted by Crippen LogP contribution is 2.37. The molecule has 34 heavy (non-hydrogen) atoms. The lowest BCUT2D eigenvalue weighted by molar-refractivity contribution is -0.148. The smallest absolute Gasteiger partial charge is 0.341 e. The van der Waals surface area contributed by atoms with Crippen molar-refractivity contribution in [3.63, 3.8) is 0 Å². The number of carbonyl (C=O) groups excluding carboxylic acids is 3. The molecular formula is C23H23N3O7S. The van der Waals surface area contributed by atoms with Crippen molar-refractivity contribution >= 4 is 45.0 Å². The highest BCUT2D eigenvalue weighted by molar-refractivity contribution is 7.17. The maximum absolute atomic E-state index is 12.5. The number of anilines is 1. The molecule has 0 saturated heterocycles. The molecular weight excluding hydrogens is 462 g/mol. The molecule has 1 aliphatic carbocycles. The summed E-state index contributed by atoms with van der Waals surface area (Å²) >= 11 is 1.33. The Kier molecular flexibility index (Phi) is 6.92. The number of aryl methyl sites for hydroxylation is 1. The highest BCUT2D eigenvalue weighted by Gasteiger charge is 2.26. The van der Waals surface area contributed by atoms with Crippen LogP contribution in [0.15, 0.2) is 33.9 Å². The number of nitrogens with one attached hydrogen (secondary N) is 2. The van der Waals surface area contributed by atoms with Crippen molar-refractivity contribution in [3.05, 3.63) is 61.0 Å². The van der Waals surface area contributed by atoms with Gasteiger partial charge in [-0.2, -0.15) is 0 Å². The van der Waals surface area contributed by atoms with E-state index in [2.05, 4.69) is 10.4 Å². The van der Waals surface area contributed by atoms with Crippen molar-refractivity contribution in [2.75, 3.05) is 19.0 Å². The van der Waals surface area contributed by atoms with E-state index in [1.165, 1.54) is 30.6 Å². The van der Waals surface area contributed by atoms with E-state index in [0.29, 0.717) is 10.6 Å². The van der Waals surface area contributed by atoms with Gasteiger partial charge < -0.3 is 14.8 Å². The third-order valence-electron chi connectivity index (χ3n) is 5.60. The highest BCUT2D eigenvalue weighted by atomic mass is 32.1. The summed E-state index contributed by atoms with van der Waals surface area (Å²) in [7, 11) is 1.29. The quantitative estimate of drug-likeness (QED) is 0.402. The minimum atomic E-state index is -0.877. The summed E-state index contributed by atoms with van der Waals surface area (Å²) in [5.41, 5.74) is 0.179. The molecule has 10 nitrogen and oxygen atoms in total. The molecule has 0 saturated carbocycles. The van der Waals surface area contributed by atoms with Crippen LogP contribution in [0.3, 0.4) is 0 Å². The summed E-state index contributed by atoms with van der Waals surface area (Å²) in [5, 5.41) is 5.73. The van der Waals surface area contributed by atoms with Crippen LogP contribution in [0.4, 0.5) is 5.00 Å². The molecule has 1 amide bonds. The number of benzene rings is 1. The standard InChI is InChI=1S/C23H23N3O7S/c1-32-23(31)19-15-9-3-2-4-10-16(15)34-21(19)24-17(27)12-33-18(28)11-26-22(30)14-8-6-5-7-13(14)20(29)25-26/h5-8H,2-4,9-12H2,1H3,(H,24,27)(H,25,29). The first-order chi connectivity index (χ1) is 16.4. The number of fused-ring (bicyclic) bond motifs is 2. The van der Waals surface area contributed by atoms with Gasteiger partial charge in [0.2, 0.25) is 0 Å². The molecule has 11 heteroatoms. The first kappa shape index (κ1) is 23.4. The fourth-order valence-corrected chi connectivity index (χ4v) is 5.28. The molecule has 1 aliphatic rings. The predicted octanol–water partition coefficient (Wildman–Crippen LogP) is 1.99. The molecule has 1 aromatic carbocycles. The van der Waals surface area contributed by atoms with E-state index < -0.39 is 42.1 Å². The van der Waals surface area contributed by atoms with E-state index in [1.54, 1.807) is 12.1 Å². The molecule has 0 fully saturated rings. The maximum atomic E-state index is 12.5. The zero-order valence-electron chi connectivity index (χ0n) is 18.5. The van der Waals surface area contributed by atoms with Gasteiger partial charge in [-0.05, 0) is 43.4 Å². The van der Waals surface area contributed by atoms with Crippen molar-refractivity contribution in [2.45, 2.75) is 38.6 Å². The van der Waals surface area contributed by atoms with Gasteiger partial charge in [0, 0.05) is 4.88 Å². The van der Waals surface area contributed by atoms with Crippen molar-refractivity contribution in [1.29, 1.82) is 0 Å². The Balaban J connectivity index is 1.43. The molecule has 0 spiro atoms. The van der Waals surface area contributed by atoms with Gasteiger partial charge in [-0.15, -0.1) is 11.3 Å². The average Bonchev–Trinajstić information content (AvgIpc) is 3.00. The predicted molar refractivity (Wildman–Crippen MR) is 125 cm³/mol. The van der Waals surface area contributed by atoms with Crippen LogP contribution < -0.4 is 16.4 Å². The second-order valence-corrected chi connectivity index (χ2v) is 8.95. The molecule has 4 rings (SSSR count). The first-order valence-electron chi connectivity index (χ1n) is 10.8. The number of methoxy groups -OCH3 is 1. The van der Waals surface area contributed by atoms with Crippen LogP contribution in [-0.4, -0.2) is 41.3 Å². The van der Waals surface area contributed by atoms with E-state index >= 15 is 0 Å². The zero-order valence-corrected chi connectivity index (χ0v) is 19.3. The summed E-state index contributed by atoms with van der Waals surface area (Å²) in [6, 6.07) is 6.24. The lowest BCUT2D eigenvalue weighted by atomic mass is 10.1. The van der Waals surface area contributed by atoms with Gasteiger partial charge in [0.25, 0.3) is 17.0 Å². The van der Waals surface area contributed by atoms with Crippen LogP contribution in [0.1, 0.15) is 40.1 Å². The number of amides is 1. The molecule has 0 atom stereocenters. The zero-order chi connectivity index (χ0) is 24.2. The van der Waals surface area contributed by atoms with Crippen molar-refractivity contribution in [3.8, 4) is 0 Å². The van der Waals surface area contributed by atoms with Crippen molar-refractivity contribution in [1.82, 2.24) is 9.78 Å². The Bertz CT molecular complexity index is 1390. The third kappa shape index (κ3) is 4.79. The van der Waals surface area contributed by atoms with E-state index in [0.717, 1.165) is 47.2 Å². The maximum Gasteiger partial charge on any atom is 0.341 e. The van der Waals surface area contributed by atoms with Crippen molar-refractivity contribution < 1.29 is 23.9 Å². The molecule has 0 aliphatic heterocycles. The van der Waals surface area contributed by atoms with Gasteiger partial charge in [-0.1, -0.05) is 18.6 Å². The van der Waals surface area contributed by atoms with Gasteiger partial charge in [-0.25, -0.2) is 9.48 Å². The van der Waals surface area contributed by atoms with Gasteiger partial charge in [0.05, 0.1) is 23.4 Å². The average molecular weight is 486 g/mol. The molecule has 0 bridgehead atoms. The molecule has 2 heterocycles. The second-order valence-electron chi connectivity index (χ2n) is 7.85. The fraction of sp³-hybridized carbons (Fsp3) is 0.348. The molecule has 2 aromatic heterocycles. The van der Waals surface area contributed by atoms with Crippen LogP contribution in [0.2, 0.25) is 0 Å². The monoisotopic (exact) mass is 485 g/mol. The molecule has 0 radical (unpaired) electrons. The van der Waals surface area contributed by atoms with E-state index in [9.17, 15) is 24.0 Å². The summed E-state index contributed by atoms with van der Waals surface area (Å²) in [6.07, 6.45) is 4.60. The van der Waals surface area contributed by atoms with Crippen LogP contribution in [-0.2, 0) is 38.4 Å². The van der Waals surface area contributed by atoms with E-state index in [4.69, 9.17) is 9.47 Å². The number of aromatic amines is 1. The minimum Gasteiger partial charge on any atom is -0.465 e. The number of carbonyl (C=O) groups is 3. The number of hydrogen-bond acceptors (Lipinski definition) is 8. The lowest BCUT2D eigenvalue weighted by Crippen LogP contribution is -2.33. The lowest BCUT2D eigenvalue weighted by Gasteiger charge is -2.09. The second kappa shape index (κ2) is 10.0. The largest absolute Gasteiger partial charge is 0.465 e. The number of ether oxygens (including phenoxy) is 2. The number of aromatic nitrogens is 2. The Morgan fingerprint density at radius 1 is 1.09 bits per heavy atom. The topological polar surface area (TPSA) is 137 Å². The van der Waals surface area contributed by atoms with Crippen LogP contribution in [0, 0.1) is 0 Å². The molecule has 0 unspecified atom stereocenters. The summed E-state index contributed by atoms with van der Waals surface area (Å²) < 4.78 is 10.7. The number of H-pyrrole nitrogens is 1. The fourth-order valence-electron chi connectivity index (χ4n) is 3.99. The van der Waals surface area contributed by atoms with Crippen molar-refractivity contribution in [2.24, 2.45) is 0 Å². The Morgan fingerprint density at radius 2 is 1.82 bits per heavy atom. The third-order valence-corrected chi connectivity index (χ3v) is 6.81. The Hall–Kier alpha value is -3.73. The van der Waals surface area contributed by atoms with Gasteiger partial charge in [0.1, 0.15) is 11.5 Å². The van der Waals surface area contributed by atoms with E-state index in [-0.39, 0.29) is 10.8 Å². The molecule has 2 N–H and O–H groups in total. The van der Waals surface area contributed by atoms with Gasteiger partial charge >= 0.3 is 11.9 Å². The van der Waals surface area contributed by atoms with Crippen LogP contribution in [0.5, 0.6) is 0 Å². The van der Waals surface area contributed by atoms with Crippen LogP contribution in [0.25, 0.3) is 10.8 Å². The Morgan fingerprint density at radius 3 is 2.59 bits per heavy atom. The molecule has 178 valence electrons. The first-order valence-corrected chi connectivity index (χ1v) is 11.6. The summed E-state index contributed by atoms with van der Waals surface area (Å²) in [6.45, 7) is -1.18. The number of esters is 2. The number of thiophene rings is 1. The van der Waals surface area contributed by atoms with Crippen LogP contribution >= 0.6 is 11.3 Å². The van der Waals surface area contributed by atoms with Gasteiger partial charge in [0.15, 0.2) is 6.61 Å². The number of hydrogen-bond donors (Lipinski definition) is 2. The normalized spacial score (nSPS) is 13.1. The Labute approximate surface area is 197 Å². The molecule has 3 aromatic rings. The SMILES string of the molecule is COC(=O)c1c(NC(=O)COC(=O)Cn2[nH]c(=O)c3ccccc3c2=O)sc2c1CCCCC2. The summed E-state index contributed by atoms with van der Waals surface area (Å²) in [5.74, 6) is -2.03.